The summed E-state index contributed by atoms with van der Waals surface area (Å²) < 4.78 is 0. The summed E-state index contributed by atoms with van der Waals surface area (Å²) in [5.74, 6) is 0.570. The second kappa shape index (κ2) is 7.43. The maximum atomic E-state index is 3.32. The van der Waals surface area contributed by atoms with Gasteiger partial charge in [-0.15, -0.1) is 5.56 Å². The Labute approximate surface area is 128 Å². The second-order valence-corrected chi connectivity index (χ2v) is 4.99. The van der Waals surface area contributed by atoms with Gasteiger partial charge in [0.1, 0.15) is 0 Å². The molecule has 0 bridgehead atoms. The third kappa shape index (κ3) is 4.46. The average Bonchev–Trinajstić information content (AvgIpc) is 2.40. The molecule has 0 unspecified atom stereocenters. The number of hydrogen-bond acceptors (Lipinski definition) is 1. The van der Waals surface area contributed by atoms with Crippen LogP contribution in [0.2, 0.25) is 0 Å². The Bertz CT molecular complexity index is 494. The second-order valence-electron chi connectivity index (χ2n) is 4.99. The van der Waals surface area contributed by atoms with Crippen LogP contribution in [0, 0.1) is 6.07 Å². The van der Waals surface area contributed by atoms with Crippen molar-refractivity contribution in [1.82, 2.24) is 0 Å². The van der Waals surface area contributed by atoms with E-state index in [0.29, 0.717) is 5.92 Å². The zero-order chi connectivity index (χ0) is 13.0. The molecule has 2 aromatic carbocycles. The summed E-state index contributed by atoms with van der Waals surface area (Å²) in [6.45, 7) is 5.34. The van der Waals surface area contributed by atoms with Crippen LogP contribution in [0.25, 0.3) is 0 Å². The first-order chi connectivity index (χ1) is 8.66. The monoisotopic (exact) mass is 245 g/mol. The maximum absolute atomic E-state index is 3.32. The fourth-order valence-electron chi connectivity index (χ4n) is 2.02. The molecule has 0 amide bonds. The fraction of sp³-hybridized carbons (Fsp3) is 0.294. The molecule has 0 atom stereocenters. The van der Waals surface area contributed by atoms with Gasteiger partial charge in [0, 0.05) is 19.3 Å². The van der Waals surface area contributed by atoms with Gasteiger partial charge < -0.3 is 4.90 Å². The minimum Gasteiger partial charge on any atom is -0.372 e. The molecule has 0 aliphatic carbocycles. The largest absolute Gasteiger partial charge is 1.00 e. The smallest absolute Gasteiger partial charge is 0.372 e. The van der Waals surface area contributed by atoms with Crippen LogP contribution in [-0.2, 0) is 6.54 Å². The van der Waals surface area contributed by atoms with Crippen molar-refractivity contribution >= 4 is 5.69 Å². The summed E-state index contributed by atoms with van der Waals surface area (Å²) in [4.78, 5) is 2.25. The quantitative estimate of drug-likeness (QED) is 0.579. The predicted molar refractivity (Wildman–Crippen MR) is 77.9 cm³/mol. The number of rotatable bonds is 4. The molecule has 2 rings (SSSR count). The molecule has 2 aromatic rings. The topological polar surface area (TPSA) is 3.24 Å². The Morgan fingerprint density at radius 2 is 1.79 bits per heavy atom. The molecule has 0 aromatic heterocycles. The minimum absolute atomic E-state index is 0. The van der Waals surface area contributed by atoms with Gasteiger partial charge in [-0.1, -0.05) is 32.0 Å². The number of benzene rings is 2. The standard InChI is InChI=1S/C17H20N.Li/c1-14(2)16-9-7-8-15(12-16)13-18(3)17-10-5-4-6-11-17;/h4-7,9-12,14H,13H2,1-3H3;/q-1;+1. The van der Waals surface area contributed by atoms with Crippen molar-refractivity contribution in [3.05, 3.63) is 65.7 Å². The first-order valence-electron chi connectivity index (χ1n) is 6.43. The van der Waals surface area contributed by atoms with Crippen LogP contribution in [0.5, 0.6) is 0 Å². The van der Waals surface area contributed by atoms with Gasteiger partial charge in [0.05, 0.1) is 0 Å². The van der Waals surface area contributed by atoms with Crippen molar-refractivity contribution in [3.63, 3.8) is 0 Å². The predicted octanol–water partition coefficient (Wildman–Crippen LogP) is 1.25. The summed E-state index contributed by atoms with van der Waals surface area (Å²) in [5, 5.41) is 0. The van der Waals surface area contributed by atoms with Crippen LogP contribution in [0.3, 0.4) is 0 Å². The van der Waals surface area contributed by atoms with E-state index in [0.717, 1.165) is 6.54 Å². The number of nitrogens with zero attached hydrogens (tertiary/aromatic N) is 1. The molecule has 0 fully saturated rings. The van der Waals surface area contributed by atoms with Crippen molar-refractivity contribution in [2.45, 2.75) is 26.3 Å². The van der Waals surface area contributed by atoms with Crippen LogP contribution in [-0.4, -0.2) is 7.05 Å². The SMILES string of the molecule is CC(C)c1cc[c-]c(CN(C)c2ccccc2)c1.[Li+]. The molecule has 0 radical (unpaired) electrons. The van der Waals surface area contributed by atoms with E-state index in [-0.39, 0.29) is 18.9 Å². The van der Waals surface area contributed by atoms with E-state index in [1.807, 2.05) is 12.1 Å². The fourth-order valence-corrected chi connectivity index (χ4v) is 2.02. The van der Waals surface area contributed by atoms with Gasteiger partial charge in [-0.05, 0) is 18.1 Å². The zero-order valence-corrected chi connectivity index (χ0v) is 12.4. The van der Waals surface area contributed by atoms with Crippen molar-refractivity contribution < 1.29 is 18.9 Å². The Balaban J connectivity index is 0.00000180. The van der Waals surface area contributed by atoms with Gasteiger partial charge in [-0.3, -0.25) is 0 Å². The first kappa shape index (κ1) is 15.9. The van der Waals surface area contributed by atoms with Gasteiger partial charge in [0.15, 0.2) is 0 Å². The summed E-state index contributed by atoms with van der Waals surface area (Å²) >= 11 is 0. The molecule has 0 saturated carbocycles. The number of hydrogen-bond donors (Lipinski definition) is 0. The molecule has 0 aliphatic heterocycles. The van der Waals surface area contributed by atoms with E-state index in [9.17, 15) is 0 Å². The van der Waals surface area contributed by atoms with Gasteiger partial charge in [-0.25, -0.2) is 0 Å². The van der Waals surface area contributed by atoms with Crippen LogP contribution >= 0.6 is 0 Å². The number of para-hydroxylation sites is 1. The van der Waals surface area contributed by atoms with Gasteiger partial charge in [0.25, 0.3) is 0 Å². The summed E-state index contributed by atoms with van der Waals surface area (Å²) in [6, 6.07) is 20.2. The van der Waals surface area contributed by atoms with Crippen molar-refractivity contribution in [2.24, 2.45) is 0 Å². The molecule has 0 saturated heterocycles. The molecule has 0 aliphatic rings. The van der Waals surface area contributed by atoms with Crippen LogP contribution in [0.1, 0.15) is 30.9 Å². The van der Waals surface area contributed by atoms with Gasteiger partial charge in [-0.2, -0.15) is 29.8 Å². The molecule has 0 spiro atoms. The Morgan fingerprint density at radius 1 is 1.11 bits per heavy atom. The van der Waals surface area contributed by atoms with Crippen LogP contribution in [0.15, 0.2) is 48.5 Å². The first-order valence-corrected chi connectivity index (χ1v) is 6.43. The van der Waals surface area contributed by atoms with E-state index >= 15 is 0 Å². The van der Waals surface area contributed by atoms with Gasteiger partial charge >= 0.3 is 18.9 Å². The molecule has 1 nitrogen and oxygen atoms in total. The average molecular weight is 245 g/mol. The maximum Gasteiger partial charge on any atom is 1.00 e. The molecule has 2 heteroatoms. The normalized spacial score (nSPS) is 10.1. The van der Waals surface area contributed by atoms with Crippen molar-refractivity contribution in [2.75, 3.05) is 11.9 Å². The molecule has 0 N–H and O–H groups in total. The molecular formula is C17H20LiN. The van der Waals surface area contributed by atoms with E-state index in [4.69, 9.17) is 0 Å². The third-order valence-corrected chi connectivity index (χ3v) is 3.16. The molecule has 19 heavy (non-hydrogen) atoms. The minimum atomic E-state index is 0. The third-order valence-electron chi connectivity index (χ3n) is 3.16. The molecular weight excluding hydrogens is 225 g/mol. The van der Waals surface area contributed by atoms with E-state index in [1.54, 1.807) is 0 Å². The Hall–Kier alpha value is -1.16. The molecule has 0 heterocycles. The Kier molecular flexibility index (Phi) is 6.22. The zero-order valence-electron chi connectivity index (χ0n) is 12.4. The van der Waals surface area contributed by atoms with Crippen molar-refractivity contribution in [1.29, 1.82) is 0 Å². The summed E-state index contributed by atoms with van der Waals surface area (Å²) in [7, 11) is 2.12. The van der Waals surface area contributed by atoms with E-state index in [1.165, 1.54) is 16.8 Å². The van der Waals surface area contributed by atoms with Crippen LogP contribution in [0.4, 0.5) is 5.69 Å². The summed E-state index contributed by atoms with van der Waals surface area (Å²) in [6.07, 6.45) is 0. The van der Waals surface area contributed by atoms with Gasteiger partial charge in [0.2, 0.25) is 0 Å². The van der Waals surface area contributed by atoms with E-state index < -0.39 is 0 Å². The van der Waals surface area contributed by atoms with Crippen LogP contribution < -0.4 is 23.8 Å². The van der Waals surface area contributed by atoms with Crippen molar-refractivity contribution in [3.8, 4) is 0 Å². The Morgan fingerprint density at radius 3 is 2.42 bits per heavy atom. The molecule has 94 valence electrons. The van der Waals surface area contributed by atoms with E-state index in [2.05, 4.69) is 68.3 Å². The summed E-state index contributed by atoms with van der Waals surface area (Å²) in [5.41, 5.74) is 3.86. The number of anilines is 1.